The van der Waals surface area contributed by atoms with Crippen molar-refractivity contribution in [2.75, 3.05) is 5.32 Å². The van der Waals surface area contributed by atoms with E-state index in [0.717, 1.165) is 5.56 Å². The fraction of sp³-hybridized carbons (Fsp3) is 0.0455. The van der Waals surface area contributed by atoms with Crippen molar-refractivity contribution in [3.63, 3.8) is 0 Å². The Morgan fingerprint density at radius 2 is 2.12 bits per heavy atom. The van der Waals surface area contributed by atoms with Crippen LogP contribution in [0.2, 0.25) is 0 Å². The summed E-state index contributed by atoms with van der Waals surface area (Å²) in [4.78, 5) is 27.4. The number of aryl methyl sites for hydroxylation is 1. The second kappa shape index (κ2) is 9.05. The molecule has 4 rings (SSSR count). The number of hydrogen-bond donors (Lipinski definition) is 1. The largest absolute Gasteiger partial charge is 0.450 e. The molecule has 8 nitrogen and oxygen atoms in total. The van der Waals surface area contributed by atoms with Crippen LogP contribution in [0, 0.1) is 28.4 Å². The zero-order chi connectivity index (χ0) is 22.7. The Morgan fingerprint density at radius 1 is 1.28 bits per heavy atom. The van der Waals surface area contributed by atoms with Gasteiger partial charge in [-0.15, -0.1) is 11.3 Å². The van der Waals surface area contributed by atoms with Crippen LogP contribution < -0.4 is 5.32 Å². The van der Waals surface area contributed by atoms with Gasteiger partial charge in [0, 0.05) is 23.9 Å². The van der Waals surface area contributed by atoms with Crippen molar-refractivity contribution in [2.24, 2.45) is 0 Å². The smallest absolute Gasteiger partial charge is 0.270 e. The number of nitrogens with zero attached hydrogens (tertiary/aromatic N) is 3. The third-order valence-electron chi connectivity index (χ3n) is 4.28. The van der Waals surface area contributed by atoms with E-state index in [0.29, 0.717) is 31.1 Å². The van der Waals surface area contributed by atoms with Crippen LogP contribution in [0.15, 0.2) is 74.0 Å². The van der Waals surface area contributed by atoms with E-state index in [1.54, 1.807) is 30.3 Å². The third-order valence-corrected chi connectivity index (χ3v) is 6.28. The average molecular weight is 463 g/mol. The summed E-state index contributed by atoms with van der Waals surface area (Å²) in [5.74, 6) is -0.184. The van der Waals surface area contributed by atoms with Crippen LogP contribution in [0.1, 0.15) is 11.3 Å². The first-order valence-corrected chi connectivity index (χ1v) is 10.9. The van der Waals surface area contributed by atoms with Crippen molar-refractivity contribution < 1.29 is 14.1 Å². The number of aromatic nitrogens is 1. The predicted octanol–water partition coefficient (Wildman–Crippen LogP) is 5.80. The van der Waals surface area contributed by atoms with Gasteiger partial charge in [-0.05, 0) is 54.6 Å². The Balaban J connectivity index is 1.49. The van der Waals surface area contributed by atoms with Crippen molar-refractivity contribution in [2.45, 2.75) is 16.4 Å². The summed E-state index contributed by atoms with van der Waals surface area (Å²) in [6.07, 6.45) is 1.37. The molecule has 4 aromatic rings. The highest BCUT2D eigenvalue weighted by atomic mass is 32.2. The number of carbonyl (C=O) groups excluding carboxylic acids is 1. The Morgan fingerprint density at radius 3 is 2.88 bits per heavy atom. The minimum atomic E-state index is -0.531. The van der Waals surface area contributed by atoms with E-state index in [1.807, 2.05) is 25.1 Å². The number of nitriles is 1. The third kappa shape index (κ3) is 4.85. The lowest BCUT2D eigenvalue weighted by Gasteiger charge is -2.04. The number of nitrogens with one attached hydrogen (secondary N) is 1. The lowest BCUT2D eigenvalue weighted by Crippen LogP contribution is -2.13. The first-order chi connectivity index (χ1) is 15.4. The quantitative estimate of drug-likeness (QED) is 0.166. The van der Waals surface area contributed by atoms with Crippen molar-refractivity contribution in [1.29, 1.82) is 5.26 Å². The summed E-state index contributed by atoms with van der Waals surface area (Å²) in [6, 6.07) is 17.0. The fourth-order valence-electron chi connectivity index (χ4n) is 2.81. The molecule has 0 atom stereocenters. The van der Waals surface area contributed by atoms with Gasteiger partial charge in [-0.3, -0.25) is 14.9 Å². The van der Waals surface area contributed by atoms with Gasteiger partial charge in [-0.1, -0.05) is 12.1 Å². The first-order valence-electron chi connectivity index (χ1n) is 9.24. The number of hydrogen-bond acceptors (Lipinski definition) is 8. The molecule has 2 aromatic heterocycles. The van der Waals surface area contributed by atoms with Gasteiger partial charge in [0.15, 0.2) is 9.43 Å². The maximum atomic E-state index is 12.4. The topological polar surface area (TPSA) is 122 Å². The second-order valence-electron chi connectivity index (χ2n) is 6.64. The number of fused-ring (bicyclic) bond motifs is 1. The summed E-state index contributed by atoms with van der Waals surface area (Å²) in [7, 11) is 0. The summed E-state index contributed by atoms with van der Waals surface area (Å²) >= 11 is 2.57. The van der Waals surface area contributed by atoms with E-state index in [9.17, 15) is 20.2 Å². The molecule has 0 aliphatic heterocycles. The molecule has 0 aliphatic rings. The lowest BCUT2D eigenvalue weighted by molar-refractivity contribution is -0.384. The monoisotopic (exact) mass is 462 g/mol. The molecule has 0 unspecified atom stereocenters. The van der Waals surface area contributed by atoms with E-state index >= 15 is 0 Å². The molecule has 0 saturated carbocycles. The van der Waals surface area contributed by atoms with Crippen molar-refractivity contribution in [1.82, 2.24) is 4.98 Å². The standard InChI is InChI=1S/C22H14N4O4S2/c1-13-3-2-4-15(9-13)24-21(27)14(12-23)10-17-6-8-20(30-17)32-22-25-18-7-5-16(26(28)29)11-19(18)31-22/h2-11H,1H3,(H,24,27)/b14-10+. The van der Waals surface area contributed by atoms with Crippen LogP contribution in [0.4, 0.5) is 11.4 Å². The minimum Gasteiger partial charge on any atom is -0.450 e. The molecule has 1 amide bonds. The molecule has 1 N–H and O–H groups in total. The highest BCUT2D eigenvalue weighted by molar-refractivity contribution is 8.01. The number of amides is 1. The molecular weight excluding hydrogens is 448 g/mol. The average Bonchev–Trinajstić information content (AvgIpc) is 3.37. The molecule has 0 radical (unpaired) electrons. The fourth-order valence-corrected chi connectivity index (χ4v) is 4.82. The van der Waals surface area contributed by atoms with Crippen LogP contribution in [-0.4, -0.2) is 15.8 Å². The van der Waals surface area contributed by atoms with Gasteiger partial charge in [0.05, 0.1) is 15.1 Å². The summed E-state index contributed by atoms with van der Waals surface area (Å²) in [6.45, 7) is 1.91. The van der Waals surface area contributed by atoms with Crippen LogP contribution in [-0.2, 0) is 4.79 Å². The zero-order valence-corrected chi connectivity index (χ0v) is 18.2. The van der Waals surface area contributed by atoms with Crippen LogP contribution in [0.25, 0.3) is 16.3 Å². The van der Waals surface area contributed by atoms with Crippen LogP contribution in [0.3, 0.4) is 0 Å². The van der Waals surface area contributed by atoms with Crippen molar-refractivity contribution >= 4 is 56.7 Å². The van der Waals surface area contributed by atoms with E-state index in [2.05, 4.69) is 10.3 Å². The van der Waals surface area contributed by atoms with Crippen LogP contribution in [0.5, 0.6) is 0 Å². The normalized spacial score (nSPS) is 11.3. The Labute approximate surface area is 190 Å². The number of nitro benzene ring substituents is 1. The number of anilines is 1. The molecule has 2 heterocycles. The van der Waals surface area contributed by atoms with Gasteiger partial charge in [0.2, 0.25) is 0 Å². The Bertz CT molecular complexity index is 1410. The summed E-state index contributed by atoms with van der Waals surface area (Å²) in [5.41, 5.74) is 2.17. The molecule has 0 saturated heterocycles. The summed E-state index contributed by atoms with van der Waals surface area (Å²) in [5, 5.41) is 23.5. The molecule has 0 aliphatic carbocycles. The zero-order valence-electron chi connectivity index (χ0n) is 16.6. The van der Waals surface area contributed by atoms with Gasteiger partial charge < -0.3 is 9.73 Å². The van der Waals surface area contributed by atoms with Crippen LogP contribution >= 0.6 is 23.1 Å². The number of nitro groups is 1. The molecular formula is C22H14N4O4S2. The minimum absolute atomic E-state index is 0.0103. The highest BCUT2D eigenvalue weighted by Crippen LogP contribution is 2.36. The van der Waals surface area contributed by atoms with Gasteiger partial charge in [-0.25, -0.2) is 4.98 Å². The van der Waals surface area contributed by atoms with Crippen molar-refractivity contribution in [3.05, 3.63) is 81.6 Å². The number of carbonyl (C=O) groups is 1. The van der Waals surface area contributed by atoms with E-state index < -0.39 is 10.8 Å². The predicted molar refractivity (Wildman–Crippen MR) is 123 cm³/mol. The number of non-ortho nitro benzene ring substituents is 1. The highest BCUT2D eigenvalue weighted by Gasteiger charge is 2.14. The first kappa shape index (κ1) is 21.3. The van der Waals surface area contributed by atoms with Gasteiger partial charge in [-0.2, -0.15) is 5.26 Å². The van der Waals surface area contributed by atoms with E-state index in [1.165, 1.54) is 41.3 Å². The SMILES string of the molecule is Cc1cccc(NC(=O)/C(C#N)=C/c2ccc(Sc3nc4ccc([N+](=O)[O-])cc4s3)o2)c1. The molecule has 158 valence electrons. The van der Waals surface area contributed by atoms with Gasteiger partial charge >= 0.3 is 0 Å². The molecule has 0 bridgehead atoms. The number of furan rings is 1. The van der Waals surface area contributed by atoms with Crippen molar-refractivity contribution in [3.8, 4) is 6.07 Å². The Hall–Kier alpha value is -3.94. The molecule has 10 heteroatoms. The molecule has 0 spiro atoms. The maximum absolute atomic E-state index is 12.4. The second-order valence-corrected chi connectivity index (χ2v) is 8.92. The maximum Gasteiger partial charge on any atom is 0.270 e. The number of thiazole rings is 1. The number of rotatable bonds is 6. The molecule has 0 fully saturated rings. The van der Waals surface area contributed by atoms with Gasteiger partial charge in [0.25, 0.3) is 11.6 Å². The lowest BCUT2D eigenvalue weighted by atomic mass is 10.2. The number of benzene rings is 2. The molecule has 32 heavy (non-hydrogen) atoms. The van der Waals surface area contributed by atoms with E-state index in [-0.39, 0.29) is 11.3 Å². The van der Waals surface area contributed by atoms with Gasteiger partial charge in [0.1, 0.15) is 17.4 Å². The van der Waals surface area contributed by atoms with E-state index in [4.69, 9.17) is 4.42 Å². The molecule has 2 aromatic carbocycles. The summed E-state index contributed by atoms with van der Waals surface area (Å²) < 4.78 is 7.07. The Kier molecular flexibility index (Phi) is 6.02.